The first-order valence-corrected chi connectivity index (χ1v) is 11.0. The number of nitrogens with one attached hydrogen (secondary N) is 1. The molecule has 0 spiro atoms. The van der Waals surface area contributed by atoms with Crippen molar-refractivity contribution in [2.24, 2.45) is 0 Å². The average Bonchev–Trinajstić information content (AvgIpc) is 2.82. The van der Waals surface area contributed by atoms with E-state index in [1.807, 2.05) is 62.4 Å². The van der Waals surface area contributed by atoms with Gasteiger partial charge in [0, 0.05) is 12.6 Å². The molecule has 2 amide bonds. The smallest absolute Gasteiger partial charge is 0.294 e. The van der Waals surface area contributed by atoms with Crippen molar-refractivity contribution in [2.75, 3.05) is 10.2 Å². The maximum atomic E-state index is 13.5. The summed E-state index contributed by atoms with van der Waals surface area (Å²) in [6.45, 7) is 5.29. The van der Waals surface area contributed by atoms with Crippen LogP contribution >= 0.6 is 0 Å². The Labute approximate surface area is 197 Å². The van der Waals surface area contributed by atoms with Crippen LogP contribution in [-0.2, 0) is 22.7 Å². The average molecular weight is 455 g/mol. The number of hydrogen-bond donors (Lipinski definition) is 1. The Kier molecular flexibility index (Phi) is 6.54. The van der Waals surface area contributed by atoms with Gasteiger partial charge in [-0.15, -0.1) is 0 Å². The number of anilines is 2. The second-order valence-electron chi connectivity index (χ2n) is 8.27. The van der Waals surface area contributed by atoms with Gasteiger partial charge in [-0.25, -0.2) is 4.98 Å². The van der Waals surface area contributed by atoms with Gasteiger partial charge < -0.3 is 5.32 Å². The largest absolute Gasteiger partial charge is 0.324 e. The highest BCUT2D eigenvalue weighted by molar-refractivity contribution is 5.93. The third-order valence-electron chi connectivity index (χ3n) is 5.61. The van der Waals surface area contributed by atoms with Gasteiger partial charge in [0.05, 0.1) is 17.6 Å². The molecule has 3 aromatic carbocycles. The highest BCUT2D eigenvalue weighted by Crippen LogP contribution is 2.19. The fraction of sp³-hybridized carbons (Fsp3) is 0.185. The van der Waals surface area contributed by atoms with E-state index in [0.717, 1.165) is 16.7 Å². The van der Waals surface area contributed by atoms with E-state index >= 15 is 0 Å². The molecule has 34 heavy (non-hydrogen) atoms. The second-order valence-corrected chi connectivity index (χ2v) is 8.27. The molecule has 7 nitrogen and oxygen atoms in total. The number of amides is 2. The van der Waals surface area contributed by atoms with Gasteiger partial charge in [0.15, 0.2) is 0 Å². The summed E-state index contributed by atoms with van der Waals surface area (Å²) in [5.41, 5.74) is 4.14. The fourth-order valence-corrected chi connectivity index (χ4v) is 3.90. The van der Waals surface area contributed by atoms with Crippen LogP contribution in [0.2, 0.25) is 0 Å². The molecule has 4 aromatic rings. The Morgan fingerprint density at radius 2 is 1.68 bits per heavy atom. The summed E-state index contributed by atoms with van der Waals surface area (Å²) in [6, 6.07) is 22.2. The first-order valence-electron chi connectivity index (χ1n) is 11.0. The molecule has 1 N–H and O–H groups in total. The minimum absolute atomic E-state index is 0.00521. The molecule has 4 rings (SSSR count). The number of benzene rings is 3. The van der Waals surface area contributed by atoms with Crippen LogP contribution in [0, 0.1) is 13.8 Å². The molecule has 0 atom stereocenters. The maximum absolute atomic E-state index is 13.5. The standard InChI is InChI=1S/C27H26N4O3/c1-18-13-14-22(19(2)15-18)28-25(33)17-31-24-12-8-7-11-23(24)29-26(27(31)34)30(20(3)32)16-21-9-5-4-6-10-21/h4-15H,16-17H2,1-3H3,(H,28,33). The molecule has 0 bridgehead atoms. The van der Waals surface area contributed by atoms with Crippen LogP contribution < -0.4 is 15.8 Å². The van der Waals surface area contributed by atoms with Crippen LogP contribution in [0.15, 0.2) is 77.6 Å². The number of carbonyl (C=O) groups is 2. The molecule has 0 radical (unpaired) electrons. The van der Waals surface area contributed by atoms with Gasteiger partial charge in [-0.1, -0.05) is 60.2 Å². The second kappa shape index (κ2) is 9.70. The monoisotopic (exact) mass is 454 g/mol. The molecular weight excluding hydrogens is 428 g/mol. The van der Waals surface area contributed by atoms with Crippen molar-refractivity contribution in [3.8, 4) is 0 Å². The topological polar surface area (TPSA) is 84.3 Å². The predicted octanol–water partition coefficient (Wildman–Crippen LogP) is 4.21. The molecule has 1 heterocycles. The summed E-state index contributed by atoms with van der Waals surface area (Å²) in [5, 5.41) is 2.89. The van der Waals surface area contributed by atoms with Gasteiger partial charge in [0.2, 0.25) is 17.6 Å². The quantitative estimate of drug-likeness (QED) is 0.473. The van der Waals surface area contributed by atoms with Crippen molar-refractivity contribution < 1.29 is 9.59 Å². The Morgan fingerprint density at radius 1 is 0.971 bits per heavy atom. The molecule has 0 saturated carbocycles. The van der Waals surface area contributed by atoms with Crippen LogP contribution in [-0.4, -0.2) is 21.4 Å². The summed E-state index contributed by atoms with van der Waals surface area (Å²) in [5.74, 6) is -0.654. The molecule has 0 aliphatic carbocycles. The lowest BCUT2D eigenvalue weighted by atomic mass is 10.1. The number of aryl methyl sites for hydroxylation is 2. The van der Waals surface area contributed by atoms with Crippen LogP contribution in [0.1, 0.15) is 23.6 Å². The Balaban J connectivity index is 1.74. The minimum atomic E-state index is -0.499. The number of aromatic nitrogens is 2. The van der Waals surface area contributed by atoms with E-state index in [0.29, 0.717) is 16.7 Å². The summed E-state index contributed by atoms with van der Waals surface area (Å²) in [6.07, 6.45) is 0. The van der Waals surface area contributed by atoms with Gasteiger partial charge >= 0.3 is 0 Å². The van der Waals surface area contributed by atoms with E-state index in [-0.39, 0.29) is 30.7 Å². The zero-order valence-electron chi connectivity index (χ0n) is 19.4. The lowest BCUT2D eigenvalue weighted by Crippen LogP contribution is -2.38. The van der Waals surface area contributed by atoms with Crippen molar-refractivity contribution in [2.45, 2.75) is 33.9 Å². The summed E-state index contributed by atoms with van der Waals surface area (Å²) < 4.78 is 1.37. The summed E-state index contributed by atoms with van der Waals surface area (Å²) in [4.78, 5) is 44.9. The van der Waals surface area contributed by atoms with E-state index in [2.05, 4.69) is 10.3 Å². The third-order valence-corrected chi connectivity index (χ3v) is 5.61. The molecular formula is C27H26N4O3. The summed E-state index contributed by atoms with van der Waals surface area (Å²) in [7, 11) is 0. The summed E-state index contributed by atoms with van der Waals surface area (Å²) >= 11 is 0. The molecule has 0 saturated heterocycles. The normalized spacial score (nSPS) is 10.8. The van der Waals surface area contributed by atoms with Gasteiger partial charge in [0.1, 0.15) is 6.54 Å². The van der Waals surface area contributed by atoms with Gasteiger partial charge in [-0.2, -0.15) is 0 Å². The molecule has 0 aliphatic heterocycles. The van der Waals surface area contributed by atoms with Gasteiger partial charge in [-0.05, 0) is 43.2 Å². The van der Waals surface area contributed by atoms with Crippen molar-refractivity contribution in [3.63, 3.8) is 0 Å². The molecule has 1 aromatic heterocycles. The van der Waals surface area contributed by atoms with E-state index in [4.69, 9.17) is 0 Å². The van der Waals surface area contributed by atoms with Crippen molar-refractivity contribution in [3.05, 3.63) is 99.8 Å². The minimum Gasteiger partial charge on any atom is -0.324 e. The zero-order valence-corrected chi connectivity index (χ0v) is 19.4. The number of rotatable bonds is 6. The first kappa shape index (κ1) is 22.9. The number of para-hydroxylation sites is 2. The van der Waals surface area contributed by atoms with Crippen LogP contribution in [0.3, 0.4) is 0 Å². The lowest BCUT2D eigenvalue weighted by molar-refractivity contribution is -0.117. The SMILES string of the molecule is CC(=O)N(Cc1ccccc1)c1nc2ccccc2n(CC(=O)Nc2ccc(C)cc2C)c1=O. The van der Waals surface area contributed by atoms with Crippen LogP contribution in [0.5, 0.6) is 0 Å². The molecule has 0 fully saturated rings. The van der Waals surface area contributed by atoms with Crippen molar-refractivity contribution in [1.29, 1.82) is 0 Å². The highest BCUT2D eigenvalue weighted by atomic mass is 16.2. The molecule has 7 heteroatoms. The Morgan fingerprint density at radius 3 is 2.38 bits per heavy atom. The molecule has 0 aliphatic rings. The number of hydrogen-bond acceptors (Lipinski definition) is 4. The van der Waals surface area contributed by atoms with Crippen molar-refractivity contribution in [1.82, 2.24) is 9.55 Å². The van der Waals surface area contributed by atoms with Crippen LogP contribution in [0.25, 0.3) is 11.0 Å². The first-order chi connectivity index (χ1) is 16.3. The maximum Gasteiger partial charge on any atom is 0.294 e. The van der Waals surface area contributed by atoms with Gasteiger partial charge in [0.25, 0.3) is 5.56 Å². The molecule has 172 valence electrons. The predicted molar refractivity (Wildman–Crippen MR) is 134 cm³/mol. The van der Waals surface area contributed by atoms with E-state index in [9.17, 15) is 14.4 Å². The third kappa shape index (κ3) is 4.88. The Bertz CT molecular complexity index is 1430. The van der Waals surface area contributed by atoms with Gasteiger partial charge in [-0.3, -0.25) is 23.9 Å². The fourth-order valence-electron chi connectivity index (χ4n) is 3.90. The van der Waals surface area contributed by atoms with E-state index < -0.39 is 5.56 Å². The number of fused-ring (bicyclic) bond motifs is 1. The van der Waals surface area contributed by atoms with E-state index in [1.165, 1.54) is 16.4 Å². The van der Waals surface area contributed by atoms with Crippen LogP contribution in [0.4, 0.5) is 11.5 Å². The highest BCUT2D eigenvalue weighted by Gasteiger charge is 2.22. The Hall–Kier alpha value is -4.26. The number of nitrogens with zero attached hydrogens (tertiary/aromatic N) is 3. The van der Waals surface area contributed by atoms with Crippen molar-refractivity contribution >= 4 is 34.4 Å². The zero-order chi connectivity index (χ0) is 24.2. The molecule has 0 unspecified atom stereocenters. The lowest BCUT2D eigenvalue weighted by Gasteiger charge is -2.21. The number of carbonyl (C=O) groups excluding carboxylic acids is 2. The van der Waals surface area contributed by atoms with E-state index in [1.54, 1.807) is 24.3 Å².